The summed E-state index contributed by atoms with van der Waals surface area (Å²) in [6.45, 7) is 12.6. The monoisotopic (exact) mass is 281 g/mol. The fourth-order valence-corrected chi connectivity index (χ4v) is 2.58. The van der Waals surface area contributed by atoms with E-state index in [2.05, 4.69) is 37.7 Å². The zero-order chi connectivity index (χ0) is 15.0. The Morgan fingerprint density at radius 1 is 1.20 bits per heavy atom. The molecule has 0 unspecified atom stereocenters. The highest BCUT2D eigenvalue weighted by molar-refractivity contribution is 5.24. The molecule has 1 N–H and O–H groups in total. The maximum Gasteiger partial charge on any atom is 0.0628 e. The van der Waals surface area contributed by atoms with Crippen LogP contribution in [-0.4, -0.2) is 36.6 Å². The fourth-order valence-electron chi connectivity index (χ4n) is 2.58. The molecule has 0 bridgehead atoms. The molecule has 0 aliphatic heterocycles. The Hall–Kier alpha value is -0.870. The molecule has 1 aromatic rings. The Morgan fingerprint density at radius 3 is 2.50 bits per heavy atom. The van der Waals surface area contributed by atoms with Gasteiger partial charge in [-0.3, -0.25) is 4.68 Å². The molecule has 1 heterocycles. The van der Waals surface area contributed by atoms with Crippen LogP contribution in [0, 0.1) is 19.8 Å². The molecular formula is C16H31N3O. The molecule has 0 saturated heterocycles. The Balaban J connectivity index is 2.57. The molecule has 0 aliphatic rings. The van der Waals surface area contributed by atoms with E-state index >= 15 is 0 Å². The maximum atomic E-state index is 5.04. The Labute approximate surface area is 123 Å². The molecule has 1 aromatic heterocycles. The number of rotatable bonds is 10. The van der Waals surface area contributed by atoms with Crippen molar-refractivity contribution in [2.75, 3.05) is 26.8 Å². The van der Waals surface area contributed by atoms with E-state index in [4.69, 9.17) is 9.84 Å². The second-order valence-corrected chi connectivity index (χ2v) is 5.51. The molecule has 0 saturated carbocycles. The van der Waals surface area contributed by atoms with E-state index in [1.807, 2.05) is 0 Å². The minimum absolute atomic E-state index is 0.737. The second-order valence-electron chi connectivity index (χ2n) is 5.51. The van der Waals surface area contributed by atoms with Gasteiger partial charge >= 0.3 is 0 Å². The van der Waals surface area contributed by atoms with Crippen LogP contribution in [0.25, 0.3) is 0 Å². The van der Waals surface area contributed by atoms with E-state index in [-0.39, 0.29) is 0 Å². The van der Waals surface area contributed by atoms with Crippen LogP contribution in [0.4, 0.5) is 0 Å². The summed E-state index contributed by atoms with van der Waals surface area (Å²) in [7, 11) is 1.73. The van der Waals surface area contributed by atoms with Crippen LogP contribution in [0.1, 0.15) is 43.6 Å². The molecule has 116 valence electrons. The number of methoxy groups -OCH3 is 1. The quantitative estimate of drug-likeness (QED) is 0.670. The van der Waals surface area contributed by atoms with E-state index in [0.29, 0.717) is 0 Å². The molecule has 0 spiro atoms. The molecule has 20 heavy (non-hydrogen) atoms. The lowest BCUT2D eigenvalue weighted by molar-refractivity contribution is 0.199. The third kappa shape index (κ3) is 4.91. The summed E-state index contributed by atoms with van der Waals surface area (Å²) in [5.41, 5.74) is 3.92. The van der Waals surface area contributed by atoms with Gasteiger partial charge in [-0.2, -0.15) is 5.10 Å². The van der Waals surface area contributed by atoms with Crippen LogP contribution in [0.3, 0.4) is 0 Å². The largest absolute Gasteiger partial charge is 0.383 e. The Morgan fingerprint density at radius 2 is 1.90 bits per heavy atom. The van der Waals surface area contributed by atoms with Crippen molar-refractivity contribution in [3.05, 3.63) is 17.0 Å². The summed E-state index contributed by atoms with van der Waals surface area (Å²) in [5, 5.41) is 8.12. The van der Waals surface area contributed by atoms with Crippen molar-refractivity contribution in [2.45, 2.75) is 53.5 Å². The van der Waals surface area contributed by atoms with Crippen LogP contribution in [0.15, 0.2) is 0 Å². The zero-order valence-corrected chi connectivity index (χ0v) is 13.8. The molecule has 0 atom stereocenters. The van der Waals surface area contributed by atoms with E-state index in [0.717, 1.165) is 38.6 Å². The van der Waals surface area contributed by atoms with Crippen LogP contribution in [-0.2, 0) is 17.7 Å². The molecule has 0 amide bonds. The molecule has 1 rings (SSSR count). The molecule has 4 nitrogen and oxygen atoms in total. The van der Waals surface area contributed by atoms with Gasteiger partial charge in [-0.15, -0.1) is 0 Å². The van der Waals surface area contributed by atoms with Crippen molar-refractivity contribution in [1.29, 1.82) is 0 Å². The first kappa shape index (κ1) is 17.2. The highest BCUT2D eigenvalue weighted by Crippen LogP contribution is 2.17. The highest BCUT2D eigenvalue weighted by atomic mass is 16.5. The van der Waals surface area contributed by atoms with Crippen LogP contribution in [0.2, 0.25) is 0 Å². The van der Waals surface area contributed by atoms with Crippen LogP contribution < -0.4 is 5.32 Å². The number of hydrogen-bond acceptors (Lipinski definition) is 3. The van der Waals surface area contributed by atoms with Gasteiger partial charge in [-0.25, -0.2) is 0 Å². The van der Waals surface area contributed by atoms with Crippen molar-refractivity contribution in [2.24, 2.45) is 5.92 Å². The summed E-state index contributed by atoms with van der Waals surface area (Å²) in [6, 6.07) is 0. The van der Waals surface area contributed by atoms with Crippen LogP contribution in [0.5, 0.6) is 0 Å². The van der Waals surface area contributed by atoms with Gasteiger partial charge in [-0.05, 0) is 38.3 Å². The van der Waals surface area contributed by atoms with Gasteiger partial charge in [0.2, 0.25) is 0 Å². The number of aryl methyl sites for hydroxylation is 1. The number of ether oxygens (including phenoxy) is 1. The average Bonchev–Trinajstić information content (AvgIpc) is 2.71. The molecular weight excluding hydrogens is 250 g/mol. The number of aromatic nitrogens is 2. The van der Waals surface area contributed by atoms with Gasteiger partial charge in [0.25, 0.3) is 0 Å². The number of nitrogens with one attached hydrogen (secondary N) is 1. The predicted octanol–water partition coefficient (Wildman–Crippen LogP) is 2.71. The Kier molecular flexibility index (Phi) is 7.85. The topological polar surface area (TPSA) is 39.1 Å². The smallest absolute Gasteiger partial charge is 0.0628 e. The number of nitrogens with zero attached hydrogens (tertiary/aromatic N) is 2. The maximum absolute atomic E-state index is 5.04. The molecule has 0 radical (unpaired) electrons. The minimum atomic E-state index is 0.737. The van der Waals surface area contributed by atoms with E-state index in [1.165, 1.54) is 29.8 Å². The number of hydrogen-bond donors (Lipinski definition) is 1. The average molecular weight is 281 g/mol. The normalized spacial score (nSPS) is 11.5. The van der Waals surface area contributed by atoms with Gasteiger partial charge in [0, 0.05) is 25.9 Å². The van der Waals surface area contributed by atoms with Gasteiger partial charge in [-0.1, -0.05) is 26.7 Å². The third-order valence-electron chi connectivity index (χ3n) is 4.15. The first-order valence-electron chi connectivity index (χ1n) is 7.86. The molecule has 0 fully saturated rings. The first-order chi connectivity index (χ1) is 9.63. The molecule has 4 heteroatoms. The summed E-state index contributed by atoms with van der Waals surface area (Å²) in [5.74, 6) is 0.737. The lowest BCUT2D eigenvalue weighted by Gasteiger charge is -2.13. The predicted molar refractivity (Wildman–Crippen MR) is 84.2 cm³/mol. The first-order valence-corrected chi connectivity index (χ1v) is 7.86. The highest BCUT2D eigenvalue weighted by Gasteiger charge is 2.13. The lowest BCUT2D eigenvalue weighted by Crippen LogP contribution is -2.22. The van der Waals surface area contributed by atoms with Crippen molar-refractivity contribution >= 4 is 0 Å². The van der Waals surface area contributed by atoms with Gasteiger partial charge in [0.15, 0.2) is 0 Å². The van der Waals surface area contributed by atoms with Crippen LogP contribution >= 0.6 is 0 Å². The van der Waals surface area contributed by atoms with E-state index < -0.39 is 0 Å². The SMILES string of the molecule is CCC(CC)Cn1nc(C)c(CCNCCOC)c1C. The van der Waals surface area contributed by atoms with Crippen molar-refractivity contribution in [3.8, 4) is 0 Å². The van der Waals surface area contributed by atoms with Crippen molar-refractivity contribution in [1.82, 2.24) is 15.1 Å². The molecule has 0 aromatic carbocycles. The summed E-state index contributed by atoms with van der Waals surface area (Å²) in [6.07, 6.45) is 3.50. The van der Waals surface area contributed by atoms with Gasteiger partial charge in [0.1, 0.15) is 0 Å². The van der Waals surface area contributed by atoms with E-state index in [1.54, 1.807) is 7.11 Å². The van der Waals surface area contributed by atoms with Crippen molar-refractivity contribution < 1.29 is 4.74 Å². The fraction of sp³-hybridized carbons (Fsp3) is 0.812. The van der Waals surface area contributed by atoms with Gasteiger partial charge in [0.05, 0.1) is 12.3 Å². The zero-order valence-electron chi connectivity index (χ0n) is 13.8. The second kappa shape index (κ2) is 9.14. The standard InChI is InChI=1S/C16H31N3O/c1-6-15(7-2)12-19-14(4)16(13(3)18-19)8-9-17-10-11-20-5/h15,17H,6-12H2,1-5H3. The Bertz CT molecular complexity index is 383. The summed E-state index contributed by atoms with van der Waals surface area (Å²) < 4.78 is 7.24. The molecule has 0 aliphatic carbocycles. The van der Waals surface area contributed by atoms with E-state index in [9.17, 15) is 0 Å². The van der Waals surface area contributed by atoms with Crippen molar-refractivity contribution in [3.63, 3.8) is 0 Å². The van der Waals surface area contributed by atoms with Gasteiger partial charge < -0.3 is 10.1 Å². The summed E-state index contributed by atoms with van der Waals surface area (Å²) in [4.78, 5) is 0. The minimum Gasteiger partial charge on any atom is -0.383 e. The summed E-state index contributed by atoms with van der Waals surface area (Å²) >= 11 is 0. The third-order valence-corrected chi connectivity index (χ3v) is 4.15. The lowest BCUT2D eigenvalue weighted by atomic mass is 10.0.